The topological polar surface area (TPSA) is 72.8 Å². The first-order valence-electron chi connectivity index (χ1n) is 4.63. The van der Waals surface area contributed by atoms with E-state index in [1.54, 1.807) is 24.3 Å². The SMILES string of the molecule is COC(=O)COc1ccccc1CC(=O)O. The smallest absolute Gasteiger partial charge is 0.343 e. The predicted molar refractivity (Wildman–Crippen MR) is 55.3 cm³/mol. The average molecular weight is 224 g/mol. The van der Waals surface area contributed by atoms with E-state index < -0.39 is 11.9 Å². The molecule has 0 atom stereocenters. The zero-order valence-electron chi connectivity index (χ0n) is 8.80. The van der Waals surface area contributed by atoms with Gasteiger partial charge in [-0.25, -0.2) is 4.79 Å². The Balaban J connectivity index is 2.70. The lowest BCUT2D eigenvalue weighted by atomic mass is 10.1. The molecule has 0 fully saturated rings. The maximum absolute atomic E-state index is 10.9. The van der Waals surface area contributed by atoms with Crippen molar-refractivity contribution < 1.29 is 24.2 Å². The minimum Gasteiger partial charge on any atom is -0.482 e. The van der Waals surface area contributed by atoms with Crippen molar-refractivity contribution in [3.8, 4) is 5.75 Å². The second-order valence-electron chi connectivity index (χ2n) is 3.04. The number of carbonyl (C=O) groups excluding carboxylic acids is 1. The third kappa shape index (κ3) is 3.61. The molecule has 0 saturated carbocycles. The van der Waals surface area contributed by atoms with E-state index in [9.17, 15) is 9.59 Å². The maximum Gasteiger partial charge on any atom is 0.343 e. The molecule has 86 valence electrons. The number of ether oxygens (including phenoxy) is 2. The van der Waals surface area contributed by atoms with Gasteiger partial charge in [0.2, 0.25) is 0 Å². The summed E-state index contributed by atoms with van der Waals surface area (Å²) in [5, 5.41) is 8.67. The van der Waals surface area contributed by atoms with Crippen LogP contribution in [0.15, 0.2) is 24.3 Å². The van der Waals surface area contributed by atoms with Crippen molar-refractivity contribution in [1.29, 1.82) is 0 Å². The van der Waals surface area contributed by atoms with Gasteiger partial charge in [-0.3, -0.25) is 4.79 Å². The van der Waals surface area contributed by atoms with Gasteiger partial charge >= 0.3 is 11.9 Å². The van der Waals surface area contributed by atoms with E-state index in [1.807, 2.05) is 0 Å². The fourth-order valence-electron chi connectivity index (χ4n) is 1.15. The highest BCUT2D eigenvalue weighted by Gasteiger charge is 2.09. The van der Waals surface area contributed by atoms with Crippen LogP contribution in [-0.4, -0.2) is 30.8 Å². The molecule has 0 aliphatic heterocycles. The van der Waals surface area contributed by atoms with Crippen molar-refractivity contribution in [3.05, 3.63) is 29.8 Å². The molecular formula is C11H12O5. The summed E-state index contributed by atoms with van der Waals surface area (Å²) < 4.78 is 9.57. The van der Waals surface area contributed by atoms with E-state index in [0.717, 1.165) is 0 Å². The molecule has 5 heteroatoms. The molecule has 1 rings (SSSR count). The standard InChI is InChI=1S/C11H12O5/c1-15-11(14)7-16-9-5-3-2-4-8(9)6-10(12)13/h2-5H,6-7H2,1H3,(H,12,13). The minimum absolute atomic E-state index is 0.142. The van der Waals surface area contributed by atoms with E-state index in [0.29, 0.717) is 11.3 Å². The van der Waals surface area contributed by atoms with Crippen LogP contribution in [0.1, 0.15) is 5.56 Å². The molecule has 0 unspecified atom stereocenters. The molecule has 16 heavy (non-hydrogen) atoms. The number of esters is 1. The number of methoxy groups -OCH3 is 1. The fourth-order valence-corrected chi connectivity index (χ4v) is 1.15. The van der Waals surface area contributed by atoms with E-state index >= 15 is 0 Å². The summed E-state index contributed by atoms with van der Waals surface area (Å²) in [5.41, 5.74) is 0.527. The van der Waals surface area contributed by atoms with Gasteiger partial charge in [-0.2, -0.15) is 0 Å². The van der Waals surface area contributed by atoms with Gasteiger partial charge in [0.25, 0.3) is 0 Å². The van der Waals surface area contributed by atoms with Gasteiger partial charge in [-0.15, -0.1) is 0 Å². The van der Waals surface area contributed by atoms with E-state index in [-0.39, 0.29) is 13.0 Å². The van der Waals surface area contributed by atoms with Crippen molar-refractivity contribution in [1.82, 2.24) is 0 Å². The monoisotopic (exact) mass is 224 g/mol. The van der Waals surface area contributed by atoms with Crippen LogP contribution in [0.3, 0.4) is 0 Å². The third-order valence-electron chi connectivity index (χ3n) is 1.89. The first-order chi connectivity index (χ1) is 7.63. The highest BCUT2D eigenvalue weighted by molar-refractivity contribution is 5.72. The van der Waals surface area contributed by atoms with Gasteiger partial charge in [0.15, 0.2) is 6.61 Å². The number of rotatable bonds is 5. The number of aliphatic carboxylic acids is 1. The van der Waals surface area contributed by atoms with Gasteiger partial charge in [-0.05, 0) is 6.07 Å². The van der Waals surface area contributed by atoms with Gasteiger partial charge in [0, 0.05) is 5.56 Å². The molecule has 1 aromatic carbocycles. The normalized spacial score (nSPS) is 9.56. The first-order valence-corrected chi connectivity index (χ1v) is 4.63. The average Bonchev–Trinajstić information content (AvgIpc) is 2.26. The quantitative estimate of drug-likeness (QED) is 0.751. The minimum atomic E-state index is -0.950. The Bertz CT molecular complexity index is 386. The molecular weight excluding hydrogens is 212 g/mol. The molecule has 0 aromatic heterocycles. The Hall–Kier alpha value is -2.04. The molecule has 0 amide bonds. The number of hydrogen-bond acceptors (Lipinski definition) is 4. The number of para-hydroxylation sites is 1. The summed E-state index contributed by atoms with van der Waals surface area (Å²) in [6.07, 6.45) is -0.142. The highest BCUT2D eigenvalue weighted by Crippen LogP contribution is 2.18. The third-order valence-corrected chi connectivity index (χ3v) is 1.89. The number of carboxylic acid groups (broad SMARTS) is 1. The van der Waals surface area contributed by atoms with Crippen molar-refractivity contribution in [3.63, 3.8) is 0 Å². The molecule has 0 radical (unpaired) electrons. The first kappa shape index (κ1) is 12.0. The molecule has 0 spiro atoms. The zero-order chi connectivity index (χ0) is 12.0. The fraction of sp³-hybridized carbons (Fsp3) is 0.273. The molecule has 1 N–H and O–H groups in total. The van der Waals surface area contributed by atoms with Crippen LogP contribution in [0.5, 0.6) is 5.75 Å². The Morgan fingerprint density at radius 3 is 2.62 bits per heavy atom. The lowest BCUT2D eigenvalue weighted by Crippen LogP contribution is -2.14. The summed E-state index contributed by atoms with van der Waals surface area (Å²) >= 11 is 0. The van der Waals surface area contributed by atoms with E-state index in [4.69, 9.17) is 9.84 Å². The van der Waals surface area contributed by atoms with Crippen molar-refractivity contribution >= 4 is 11.9 Å². The molecule has 0 bridgehead atoms. The van der Waals surface area contributed by atoms with Gasteiger partial charge < -0.3 is 14.6 Å². The predicted octanol–water partition coefficient (Wildman–Crippen LogP) is 0.865. The van der Waals surface area contributed by atoms with Gasteiger partial charge in [0.05, 0.1) is 13.5 Å². The van der Waals surface area contributed by atoms with Crippen molar-refractivity contribution in [2.45, 2.75) is 6.42 Å². The van der Waals surface area contributed by atoms with Crippen LogP contribution in [0.25, 0.3) is 0 Å². The van der Waals surface area contributed by atoms with Gasteiger partial charge in [0.1, 0.15) is 5.75 Å². The van der Waals surface area contributed by atoms with Crippen LogP contribution in [0.4, 0.5) is 0 Å². The zero-order valence-corrected chi connectivity index (χ0v) is 8.80. The molecule has 1 aromatic rings. The highest BCUT2D eigenvalue weighted by atomic mass is 16.6. The number of benzene rings is 1. The second kappa shape index (κ2) is 5.75. The molecule has 0 saturated heterocycles. The van der Waals surface area contributed by atoms with Crippen LogP contribution in [0, 0.1) is 0 Å². The van der Waals surface area contributed by atoms with Gasteiger partial charge in [-0.1, -0.05) is 18.2 Å². The summed E-state index contributed by atoms with van der Waals surface area (Å²) in [5.74, 6) is -1.07. The van der Waals surface area contributed by atoms with E-state index in [2.05, 4.69) is 4.74 Å². The van der Waals surface area contributed by atoms with E-state index in [1.165, 1.54) is 7.11 Å². The number of carbonyl (C=O) groups is 2. The molecule has 0 heterocycles. The summed E-state index contributed by atoms with van der Waals surface area (Å²) in [6.45, 7) is -0.229. The Morgan fingerprint density at radius 2 is 2.00 bits per heavy atom. The summed E-state index contributed by atoms with van der Waals surface area (Å²) in [6, 6.07) is 6.67. The van der Waals surface area contributed by atoms with Crippen LogP contribution in [0.2, 0.25) is 0 Å². The lowest BCUT2D eigenvalue weighted by molar-refractivity contribution is -0.142. The largest absolute Gasteiger partial charge is 0.482 e. The van der Waals surface area contributed by atoms with Crippen molar-refractivity contribution in [2.75, 3.05) is 13.7 Å². The summed E-state index contributed by atoms with van der Waals surface area (Å²) in [7, 11) is 1.26. The lowest BCUT2D eigenvalue weighted by Gasteiger charge is -2.08. The molecule has 5 nitrogen and oxygen atoms in total. The Kier molecular flexibility index (Phi) is 4.32. The van der Waals surface area contributed by atoms with Crippen LogP contribution >= 0.6 is 0 Å². The van der Waals surface area contributed by atoms with Crippen molar-refractivity contribution in [2.24, 2.45) is 0 Å². The Labute approximate surface area is 92.6 Å². The second-order valence-corrected chi connectivity index (χ2v) is 3.04. The number of carboxylic acids is 1. The molecule has 0 aliphatic carbocycles. The van der Waals surface area contributed by atoms with Crippen LogP contribution < -0.4 is 4.74 Å². The Morgan fingerprint density at radius 1 is 1.31 bits per heavy atom. The maximum atomic E-state index is 10.9. The summed E-state index contributed by atoms with van der Waals surface area (Å²) in [4.78, 5) is 21.4. The molecule has 0 aliphatic rings. The number of hydrogen-bond donors (Lipinski definition) is 1. The van der Waals surface area contributed by atoms with Crippen LogP contribution in [-0.2, 0) is 20.7 Å².